The lowest BCUT2D eigenvalue weighted by atomic mass is 9.98. The van der Waals surface area contributed by atoms with Crippen LogP contribution in [-0.4, -0.2) is 16.2 Å². The zero-order valence-electron chi connectivity index (χ0n) is 9.06. The van der Waals surface area contributed by atoms with Gasteiger partial charge >= 0.3 is 5.97 Å². The minimum absolute atomic E-state index is 0.296. The number of nitrogens with zero attached hydrogens (tertiary/aromatic N) is 1. The minimum atomic E-state index is -1.54. The van der Waals surface area contributed by atoms with E-state index in [1.807, 2.05) is 6.07 Å². The Kier molecular flexibility index (Phi) is 4.95. The van der Waals surface area contributed by atoms with E-state index >= 15 is 0 Å². The maximum absolute atomic E-state index is 10.7. The highest BCUT2D eigenvalue weighted by Crippen LogP contribution is 2.20. The summed E-state index contributed by atoms with van der Waals surface area (Å²) in [5.41, 5.74) is 1.96. The van der Waals surface area contributed by atoms with Crippen molar-refractivity contribution in [1.82, 2.24) is 0 Å². The van der Waals surface area contributed by atoms with Crippen LogP contribution in [0.1, 0.15) is 29.2 Å². The normalized spacial score (nSPS) is 11.8. The Morgan fingerprint density at radius 2 is 2.18 bits per heavy atom. The molecule has 0 fully saturated rings. The van der Waals surface area contributed by atoms with Gasteiger partial charge in [-0.05, 0) is 23.1 Å². The van der Waals surface area contributed by atoms with E-state index in [0.717, 1.165) is 11.1 Å². The van der Waals surface area contributed by atoms with Gasteiger partial charge in [0, 0.05) is 12.3 Å². The van der Waals surface area contributed by atoms with Crippen molar-refractivity contribution in [2.45, 2.75) is 24.8 Å². The number of aliphatic carboxylic acids is 1. The van der Waals surface area contributed by atoms with Crippen LogP contribution in [-0.2, 0) is 17.1 Å². The lowest BCUT2D eigenvalue weighted by Gasteiger charge is -2.11. The summed E-state index contributed by atoms with van der Waals surface area (Å²) >= 11 is 5.74. The van der Waals surface area contributed by atoms with E-state index in [0.29, 0.717) is 24.3 Å². The van der Waals surface area contributed by atoms with Gasteiger partial charge in [0.1, 0.15) is 0 Å². The molecule has 0 aromatic heterocycles. The number of benzene rings is 1. The van der Waals surface area contributed by atoms with Crippen LogP contribution in [0.5, 0.6) is 0 Å². The average Bonchev–Trinajstić information content (AvgIpc) is 2.34. The molecule has 90 valence electrons. The Morgan fingerprint density at radius 3 is 2.71 bits per heavy atom. The molecule has 5 heteroatoms. The number of halogens is 1. The maximum atomic E-state index is 10.7. The average molecular weight is 254 g/mol. The highest BCUT2D eigenvalue weighted by Gasteiger charge is 2.16. The summed E-state index contributed by atoms with van der Waals surface area (Å²) < 4.78 is 0. The number of carbonyl (C=O) groups is 1. The van der Waals surface area contributed by atoms with Gasteiger partial charge < -0.3 is 10.2 Å². The Bertz CT molecular complexity index is 454. The van der Waals surface area contributed by atoms with Crippen molar-refractivity contribution in [2.24, 2.45) is 0 Å². The number of aliphatic hydroxyl groups excluding tert-OH is 1. The highest BCUT2D eigenvalue weighted by atomic mass is 35.5. The smallest absolute Gasteiger partial charge is 0.337 e. The third-order valence-corrected chi connectivity index (χ3v) is 2.72. The van der Waals surface area contributed by atoms with E-state index in [9.17, 15) is 9.90 Å². The Labute approximate surface area is 104 Å². The van der Waals surface area contributed by atoms with Gasteiger partial charge in [0.2, 0.25) is 0 Å². The van der Waals surface area contributed by atoms with E-state index in [1.165, 1.54) is 6.07 Å². The standard InChI is InChI=1S/C12H12ClNO3/c13-7-10-4-3-9(11(15)12(16)17)6-8(10)2-1-5-14/h3-4,6,11,15H,1-2,7H2,(H,16,17). The molecule has 0 amide bonds. The van der Waals surface area contributed by atoms with Crippen molar-refractivity contribution in [2.75, 3.05) is 0 Å². The van der Waals surface area contributed by atoms with Gasteiger partial charge in [-0.2, -0.15) is 5.26 Å². The molecule has 1 rings (SSSR count). The summed E-state index contributed by atoms with van der Waals surface area (Å²) in [6.07, 6.45) is -0.713. The minimum Gasteiger partial charge on any atom is -0.479 e. The summed E-state index contributed by atoms with van der Waals surface area (Å²) in [7, 11) is 0. The van der Waals surface area contributed by atoms with Crippen LogP contribution in [0.3, 0.4) is 0 Å². The van der Waals surface area contributed by atoms with Crippen molar-refractivity contribution in [3.05, 3.63) is 34.9 Å². The van der Waals surface area contributed by atoms with E-state index in [2.05, 4.69) is 0 Å². The van der Waals surface area contributed by atoms with Crippen LogP contribution in [0.15, 0.2) is 18.2 Å². The van der Waals surface area contributed by atoms with Gasteiger partial charge in [-0.25, -0.2) is 4.79 Å². The Hall–Kier alpha value is -1.57. The van der Waals surface area contributed by atoms with E-state index < -0.39 is 12.1 Å². The fraction of sp³-hybridized carbons (Fsp3) is 0.333. The number of carboxylic acid groups (broad SMARTS) is 1. The molecule has 1 unspecified atom stereocenters. The van der Waals surface area contributed by atoms with Gasteiger partial charge in [0.15, 0.2) is 6.10 Å². The molecule has 1 aromatic rings. The molecular weight excluding hydrogens is 242 g/mol. The molecule has 0 aliphatic heterocycles. The number of aryl methyl sites for hydroxylation is 1. The first-order valence-corrected chi connectivity index (χ1v) is 5.59. The topological polar surface area (TPSA) is 81.3 Å². The van der Waals surface area contributed by atoms with Gasteiger partial charge in [-0.3, -0.25) is 0 Å². The summed E-state index contributed by atoms with van der Waals surface area (Å²) in [5.74, 6) is -1.00. The van der Waals surface area contributed by atoms with Crippen molar-refractivity contribution in [1.29, 1.82) is 5.26 Å². The molecule has 0 spiro atoms. The van der Waals surface area contributed by atoms with E-state index in [1.54, 1.807) is 12.1 Å². The molecule has 4 nitrogen and oxygen atoms in total. The summed E-state index contributed by atoms with van der Waals surface area (Å²) in [6.45, 7) is 0. The number of alkyl halides is 1. The second-order valence-corrected chi connectivity index (χ2v) is 3.83. The van der Waals surface area contributed by atoms with Crippen molar-refractivity contribution < 1.29 is 15.0 Å². The summed E-state index contributed by atoms with van der Waals surface area (Å²) in [5, 5.41) is 26.6. The first kappa shape index (κ1) is 13.5. The number of carboxylic acids is 1. The molecule has 0 aliphatic rings. The number of aliphatic hydroxyl groups is 1. The Morgan fingerprint density at radius 1 is 1.47 bits per heavy atom. The van der Waals surface area contributed by atoms with E-state index in [-0.39, 0.29) is 0 Å². The molecular formula is C12H12ClNO3. The lowest BCUT2D eigenvalue weighted by Crippen LogP contribution is -2.11. The van der Waals surface area contributed by atoms with Crippen LogP contribution in [0.25, 0.3) is 0 Å². The Balaban J connectivity index is 3.04. The molecule has 17 heavy (non-hydrogen) atoms. The van der Waals surface area contributed by atoms with Crippen LogP contribution >= 0.6 is 11.6 Å². The zero-order chi connectivity index (χ0) is 12.8. The fourth-order valence-electron chi connectivity index (χ4n) is 1.51. The van der Waals surface area contributed by atoms with Crippen molar-refractivity contribution in [3.8, 4) is 6.07 Å². The van der Waals surface area contributed by atoms with Gasteiger partial charge in [0.25, 0.3) is 0 Å². The molecule has 0 radical (unpaired) electrons. The highest BCUT2D eigenvalue weighted by molar-refractivity contribution is 6.17. The maximum Gasteiger partial charge on any atom is 0.337 e. The predicted molar refractivity (Wildman–Crippen MR) is 62.5 cm³/mol. The molecule has 0 heterocycles. The van der Waals surface area contributed by atoms with Crippen LogP contribution in [0.2, 0.25) is 0 Å². The predicted octanol–water partition coefficient (Wildman–Crippen LogP) is 2.00. The third kappa shape index (κ3) is 3.45. The molecule has 1 atom stereocenters. The van der Waals surface area contributed by atoms with Crippen molar-refractivity contribution in [3.63, 3.8) is 0 Å². The third-order valence-electron chi connectivity index (χ3n) is 2.43. The van der Waals surface area contributed by atoms with Gasteiger partial charge in [-0.15, -0.1) is 11.6 Å². The molecule has 0 saturated heterocycles. The van der Waals surface area contributed by atoms with Crippen molar-refractivity contribution >= 4 is 17.6 Å². The molecule has 1 aromatic carbocycles. The molecule has 0 aliphatic carbocycles. The SMILES string of the molecule is N#CCCc1cc(C(O)C(=O)O)ccc1CCl. The molecule has 0 saturated carbocycles. The fourth-order valence-corrected chi connectivity index (χ4v) is 1.77. The van der Waals surface area contributed by atoms with Crippen LogP contribution < -0.4 is 0 Å². The molecule has 2 N–H and O–H groups in total. The lowest BCUT2D eigenvalue weighted by molar-refractivity contribution is -0.146. The second-order valence-electron chi connectivity index (χ2n) is 3.56. The quantitative estimate of drug-likeness (QED) is 0.787. The number of hydrogen-bond acceptors (Lipinski definition) is 3. The monoisotopic (exact) mass is 253 g/mol. The van der Waals surface area contributed by atoms with Gasteiger partial charge in [0.05, 0.1) is 6.07 Å². The number of hydrogen-bond donors (Lipinski definition) is 2. The van der Waals surface area contributed by atoms with E-state index in [4.69, 9.17) is 22.0 Å². The second kappa shape index (κ2) is 6.24. The largest absolute Gasteiger partial charge is 0.479 e. The van der Waals surface area contributed by atoms with Crippen LogP contribution in [0, 0.1) is 11.3 Å². The number of rotatable bonds is 5. The number of nitriles is 1. The molecule has 0 bridgehead atoms. The first-order valence-electron chi connectivity index (χ1n) is 5.05. The summed E-state index contributed by atoms with van der Waals surface area (Å²) in [6, 6.07) is 6.82. The summed E-state index contributed by atoms with van der Waals surface area (Å²) in [4.78, 5) is 10.7. The first-order chi connectivity index (χ1) is 8.10. The van der Waals surface area contributed by atoms with Crippen LogP contribution in [0.4, 0.5) is 0 Å². The zero-order valence-corrected chi connectivity index (χ0v) is 9.81. The van der Waals surface area contributed by atoms with Gasteiger partial charge in [-0.1, -0.05) is 18.2 Å².